The van der Waals surface area contributed by atoms with Crippen LogP contribution in [0.4, 0.5) is 5.69 Å². The van der Waals surface area contributed by atoms with Crippen molar-refractivity contribution in [2.24, 2.45) is 5.18 Å². The Morgan fingerprint density at radius 2 is 2.00 bits per heavy atom. The Labute approximate surface area is 106 Å². The molecule has 3 rings (SSSR count). The Bertz CT molecular complexity index is 820. The molecular formula is C12H8N4O3. The fourth-order valence-corrected chi connectivity index (χ4v) is 1.86. The van der Waals surface area contributed by atoms with Gasteiger partial charge >= 0.3 is 0 Å². The van der Waals surface area contributed by atoms with Crippen molar-refractivity contribution in [2.45, 2.75) is 0 Å². The van der Waals surface area contributed by atoms with Crippen LogP contribution in [0, 0.1) is 4.91 Å². The van der Waals surface area contributed by atoms with E-state index in [1.54, 1.807) is 12.1 Å². The maximum atomic E-state index is 11.7. The third kappa shape index (κ3) is 1.68. The molecule has 2 heterocycles. The van der Waals surface area contributed by atoms with E-state index in [0.717, 1.165) is 5.69 Å². The Hall–Kier alpha value is -2.96. The number of hydrogen-bond acceptors (Lipinski definition) is 5. The summed E-state index contributed by atoms with van der Waals surface area (Å²) in [5.74, 6) is -0.578. The number of fused-ring (bicyclic) bond motifs is 1. The molecule has 94 valence electrons. The summed E-state index contributed by atoms with van der Waals surface area (Å²) in [5, 5.41) is 16.5. The van der Waals surface area contributed by atoms with E-state index < -0.39 is 11.4 Å². The first-order valence-electron chi connectivity index (χ1n) is 5.44. The van der Waals surface area contributed by atoms with E-state index in [1.165, 1.54) is 10.9 Å². The van der Waals surface area contributed by atoms with Gasteiger partial charge in [0.15, 0.2) is 5.69 Å². The number of aromatic hydroxyl groups is 1. The Balaban J connectivity index is 2.35. The number of aromatic nitrogens is 3. The summed E-state index contributed by atoms with van der Waals surface area (Å²) in [5.41, 5.74) is 0.000837. The standard InChI is InChI=1S/C12H8N4O3/c17-11-8-6-16(7-4-2-1-3-5-7)14-9(8)10(15-19)12(18)13-11/h1-6,18H,(H,13,17). The van der Waals surface area contributed by atoms with Gasteiger partial charge in [-0.1, -0.05) is 18.2 Å². The number of H-pyrrole nitrogens is 1. The van der Waals surface area contributed by atoms with Crippen molar-refractivity contribution in [3.8, 4) is 11.6 Å². The molecule has 0 aliphatic heterocycles. The molecular weight excluding hydrogens is 248 g/mol. The van der Waals surface area contributed by atoms with Crippen LogP contribution in [-0.4, -0.2) is 19.9 Å². The molecule has 0 unspecified atom stereocenters. The van der Waals surface area contributed by atoms with Gasteiger partial charge in [-0.25, -0.2) is 4.68 Å². The van der Waals surface area contributed by atoms with Crippen molar-refractivity contribution < 1.29 is 5.11 Å². The van der Waals surface area contributed by atoms with Gasteiger partial charge in [-0.2, -0.15) is 5.10 Å². The van der Waals surface area contributed by atoms with E-state index in [0.29, 0.717) is 0 Å². The van der Waals surface area contributed by atoms with Crippen molar-refractivity contribution in [3.05, 3.63) is 51.8 Å². The Kier molecular flexibility index (Phi) is 2.38. The molecule has 0 saturated heterocycles. The molecule has 19 heavy (non-hydrogen) atoms. The first kappa shape index (κ1) is 11.1. The predicted octanol–water partition coefficient (Wildman–Crippen LogP) is 1.82. The summed E-state index contributed by atoms with van der Waals surface area (Å²) in [6.45, 7) is 0. The average molecular weight is 256 g/mol. The summed E-state index contributed by atoms with van der Waals surface area (Å²) in [6.07, 6.45) is 1.48. The number of hydrogen-bond donors (Lipinski definition) is 2. The second kappa shape index (κ2) is 4.05. The largest absolute Gasteiger partial charge is 0.493 e. The van der Waals surface area contributed by atoms with Gasteiger partial charge in [0.2, 0.25) is 5.88 Å². The molecule has 0 aliphatic carbocycles. The van der Waals surface area contributed by atoms with E-state index in [1.807, 2.05) is 18.2 Å². The minimum Gasteiger partial charge on any atom is -0.493 e. The molecule has 0 atom stereocenters. The molecule has 2 N–H and O–H groups in total. The van der Waals surface area contributed by atoms with Crippen molar-refractivity contribution in [1.82, 2.24) is 14.8 Å². The van der Waals surface area contributed by atoms with Gasteiger partial charge < -0.3 is 5.11 Å². The smallest absolute Gasteiger partial charge is 0.261 e. The highest BCUT2D eigenvalue weighted by Gasteiger charge is 2.15. The first-order chi connectivity index (χ1) is 9.20. The number of para-hydroxylation sites is 1. The van der Waals surface area contributed by atoms with E-state index in [9.17, 15) is 14.8 Å². The summed E-state index contributed by atoms with van der Waals surface area (Å²) in [7, 11) is 0. The number of aromatic amines is 1. The monoisotopic (exact) mass is 256 g/mol. The van der Waals surface area contributed by atoms with Crippen LogP contribution >= 0.6 is 0 Å². The minimum absolute atomic E-state index is 0.0695. The molecule has 0 bridgehead atoms. The van der Waals surface area contributed by atoms with E-state index in [-0.39, 0.29) is 16.6 Å². The first-order valence-corrected chi connectivity index (χ1v) is 5.44. The summed E-state index contributed by atoms with van der Waals surface area (Å²) >= 11 is 0. The molecule has 0 saturated carbocycles. The molecule has 3 aromatic rings. The van der Waals surface area contributed by atoms with Crippen LogP contribution in [0.15, 0.2) is 46.5 Å². The SMILES string of the molecule is O=Nc1c(O)[nH]c(=O)c2cn(-c3ccccc3)nc12. The average Bonchev–Trinajstić information content (AvgIpc) is 2.85. The third-order valence-electron chi connectivity index (χ3n) is 2.75. The Morgan fingerprint density at radius 1 is 1.26 bits per heavy atom. The minimum atomic E-state index is -0.578. The number of nitrogens with zero attached hydrogens (tertiary/aromatic N) is 3. The lowest BCUT2D eigenvalue weighted by molar-refractivity contribution is 0.454. The number of pyridine rings is 1. The number of rotatable bonds is 2. The van der Waals surface area contributed by atoms with Crippen LogP contribution < -0.4 is 5.56 Å². The molecule has 2 aromatic heterocycles. The lowest BCUT2D eigenvalue weighted by Gasteiger charge is -1.98. The molecule has 0 fully saturated rings. The zero-order chi connectivity index (χ0) is 13.4. The topological polar surface area (TPSA) is 100 Å². The second-order valence-electron chi connectivity index (χ2n) is 3.91. The zero-order valence-electron chi connectivity index (χ0n) is 9.57. The van der Waals surface area contributed by atoms with Gasteiger partial charge in [0.1, 0.15) is 5.52 Å². The van der Waals surface area contributed by atoms with Crippen molar-refractivity contribution in [1.29, 1.82) is 0 Å². The van der Waals surface area contributed by atoms with Crippen molar-refractivity contribution in [2.75, 3.05) is 0 Å². The third-order valence-corrected chi connectivity index (χ3v) is 2.75. The summed E-state index contributed by atoms with van der Waals surface area (Å²) in [4.78, 5) is 24.6. The van der Waals surface area contributed by atoms with Gasteiger partial charge in [0.25, 0.3) is 5.56 Å². The lowest BCUT2D eigenvalue weighted by Crippen LogP contribution is -2.04. The van der Waals surface area contributed by atoms with E-state index in [2.05, 4.69) is 15.3 Å². The lowest BCUT2D eigenvalue weighted by atomic mass is 10.3. The normalized spacial score (nSPS) is 10.7. The number of nitroso groups, excluding NO2 is 1. The van der Waals surface area contributed by atoms with Gasteiger partial charge in [0, 0.05) is 6.20 Å². The van der Waals surface area contributed by atoms with Gasteiger partial charge in [-0.15, -0.1) is 4.91 Å². The quantitative estimate of drug-likeness (QED) is 0.683. The van der Waals surface area contributed by atoms with Crippen LogP contribution in [-0.2, 0) is 0 Å². The van der Waals surface area contributed by atoms with Crippen LogP contribution in [0.25, 0.3) is 16.6 Å². The molecule has 0 amide bonds. The number of benzene rings is 1. The highest BCUT2D eigenvalue weighted by molar-refractivity contribution is 5.90. The maximum Gasteiger partial charge on any atom is 0.261 e. The fourth-order valence-electron chi connectivity index (χ4n) is 1.86. The highest BCUT2D eigenvalue weighted by atomic mass is 16.3. The molecule has 7 nitrogen and oxygen atoms in total. The van der Waals surface area contributed by atoms with E-state index >= 15 is 0 Å². The van der Waals surface area contributed by atoms with Crippen molar-refractivity contribution >= 4 is 16.6 Å². The second-order valence-corrected chi connectivity index (χ2v) is 3.91. The Morgan fingerprint density at radius 3 is 2.68 bits per heavy atom. The summed E-state index contributed by atoms with van der Waals surface area (Å²) < 4.78 is 1.45. The fraction of sp³-hybridized carbons (Fsp3) is 0. The van der Waals surface area contributed by atoms with Crippen LogP contribution in [0.1, 0.15) is 0 Å². The zero-order valence-corrected chi connectivity index (χ0v) is 9.57. The van der Waals surface area contributed by atoms with E-state index in [4.69, 9.17) is 0 Å². The van der Waals surface area contributed by atoms with Crippen molar-refractivity contribution in [3.63, 3.8) is 0 Å². The highest BCUT2D eigenvalue weighted by Crippen LogP contribution is 2.29. The van der Waals surface area contributed by atoms with Gasteiger partial charge in [-0.05, 0) is 17.3 Å². The number of nitrogens with one attached hydrogen (secondary N) is 1. The molecule has 1 aromatic carbocycles. The molecule has 0 spiro atoms. The predicted molar refractivity (Wildman–Crippen MR) is 68.8 cm³/mol. The van der Waals surface area contributed by atoms with Crippen LogP contribution in [0.2, 0.25) is 0 Å². The molecule has 0 aliphatic rings. The van der Waals surface area contributed by atoms with Crippen LogP contribution in [0.5, 0.6) is 5.88 Å². The van der Waals surface area contributed by atoms with Crippen LogP contribution in [0.3, 0.4) is 0 Å². The maximum absolute atomic E-state index is 11.7. The van der Waals surface area contributed by atoms with Gasteiger partial charge in [0.05, 0.1) is 11.1 Å². The molecule has 7 heteroatoms. The molecule has 0 radical (unpaired) electrons. The summed E-state index contributed by atoms with van der Waals surface area (Å²) in [6, 6.07) is 9.09. The van der Waals surface area contributed by atoms with Gasteiger partial charge in [-0.3, -0.25) is 9.78 Å².